The number of rotatable bonds is 4. The molecular formula is C19H11Cl2N3O2. The van der Waals surface area contributed by atoms with Gasteiger partial charge in [-0.25, -0.2) is 0 Å². The van der Waals surface area contributed by atoms with E-state index in [1.165, 1.54) is 12.1 Å². The lowest BCUT2D eigenvalue weighted by atomic mass is 10.1. The van der Waals surface area contributed by atoms with E-state index in [0.717, 1.165) is 0 Å². The van der Waals surface area contributed by atoms with Crippen molar-refractivity contribution in [2.45, 2.75) is 0 Å². The van der Waals surface area contributed by atoms with Gasteiger partial charge in [-0.1, -0.05) is 47.5 Å². The van der Waals surface area contributed by atoms with Gasteiger partial charge in [0.25, 0.3) is 5.91 Å². The first kappa shape index (κ1) is 19.1. The summed E-state index contributed by atoms with van der Waals surface area (Å²) in [5, 5.41) is 31.3. The minimum Gasteiger partial charge on any atom is -0.504 e. The van der Waals surface area contributed by atoms with Crippen molar-refractivity contribution in [1.82, 2.24) is 5.32 Å². The van der Waals surface area contributed by atoms with E-state index in [9.17, 15) is 9.90 Å². The fraction of sp³-hybridized carbons (Fsp3) is 0. The first-order valence-electron chi connectivity index (χ1n) is 7.23. The van der Waals surface area contributed by atoms with Crippen molar-refractivity contribution in [2.24, 2.45) is 0 Å². The number of nitrogens with one attached hydrogen (secondary N) is 1. The number of allylic oxidation sites excluding steroid dienone is 1. The van der Waals surface area contributed by atoms with Crippen molar-refractivity contribution in [3.05, 3.63) is 86.7 Å². The molecule has 0 spiro atoms. The van der Waals surface area contributed by atoms with Gasteiger partial charge in [-0.2, -0.15) is 10.5 Å². The van der Waals surface area contributed by atoms with Crippen LogP contribution in [0.4, 0.5) is 0 Å². The van der Waals surface area contributed by atoms with Crippen LogP contribution in [0.3, 0.4) is 0 Å². The number of carbonyl (C=O) groups is 1. The molecule has 5 nitrogen and oxygen atoms in total. The van der Waals surface area contributed by atoms with Gasteiger partial charge in [0.15, 0.2) is 11.3 Å². The summed E-state index contributed by atoms with van der Waals surface area (Å²) in [6.07, 6.45) is 1.38. The van der Waals surface area contributed by atoms with Crippen molar-refractivity contribution in [3.63, 3.8) is 0 Å². The summed E-state index contributed by atoms with van der Waals surface area (Å²) in [5.41, 5.74) is 0.195. The lowest BCUT2D eigenvalue weighted by Gasteiger charge is -2.10. The number of halogens is 2. The number of aliphatic hydroxyl groups excluding tert-OH is 1. The van der Waals surface area contributed by atoms with Crippen LogP contribution in [0, 0.1) is 22.7 Å². The van der Waals surface area contributed by atoms with Gasteiger partial charge in [0.05, 0.1) is 15.7 Å². The Morgan fingerprint density at radius 2 is 1.69 bits per heavy atom. The molecule has 7 heteroatoms. The highest BCUT2D eigenvalue weighted by molar-refractivity contribution is 6.42. The monoisotopic (exact) mass is 383 g/mol. The molecule has 26 heavy (non-hydrogen) atoms. The van der Waals surface area contributed by atoms with Gasteiger partial charge < -0.3 is 10.4 Å². The molecule has 2 aromatic rings. The van der Waals surface area contributed by atoms with Crippen molar-refractivity contribution < 1.29 is 9.90 Å². The van der Waals surface area contributed by atoms with E-state index in [-0.39, 0.29) is 10.7 Å². The highest BCUT2D eigenvalue weighted by Crippen LogP contribution is 2.24. The normalized spacial score (nSPS) is 10.4. The summed E-state index contributed by atoms with van der Waals surface area (Å²) in [5.74, 6) is -1.16. The number of aliphatic hydroxyl groups is 1. The molecule has 2 N–H and O–H groups in total. The second-order valence-corrected chi connectivity index (χ2v) is 5.81. The maximum atomic E-state index is 12.4. The topological polar surface area (TPSA) is 96.9 Å². The predicted molar refractivity (Wildman–Crippen MR) is 99.2 cm³/mol. The largest absolute Gasteiger partial charge is 0.504 e. The molecule has 0 fully saturated rings. The van der Waals surface area contributed by atoms with Crippen LogP contribution in [-0.4, -0.2) is 11.0 Å². The maximum absolute atomic E-state index is 12.4. The highest BCUT2D eigenvalue weighted by Gasteiger charge is 2.15. The SMILES string of the molecule is N#CC(C#N)=C(O)/C(=C\c1ccc(Cl)c(Cl)c1)NC(=O)c1ccccc1. The lowest BCUT2D eigenvalue weighted by Crippen LogP contribution is -2.24. The lowest BCUT2D eigenvalue weighted by molar-refractivity contribution is 0.0964. The van der Waals surface area contributed by atoms with E-state index in [2.05, 4.69) is 5.32 Å². The Kier molecular flexibility index (Phi) is 6.41. The Morgan fingerprint density at radius 3 is 2.27 bits per heavy atom. The van der Waals surface area contributed by atoms with E-state index < -0.39 is 17.2 Å². The van der Waals surface area contributed by atoms with Crippen molar-refractivity contribution >= 4 is 35.2 Å². The fourth-order valence-electron chi connectivity index (χ4n) is 1.98. The molecule has 0 aliphatic heterocycles. The molecular weight excluding hydrogens is 373 g/mol. The zero-order chi connectivity index (χ0) is 19.1. The third kappa shape index (κ3) is 4.64. The first-order chi connectivity index (χ1) is 12.5. The van der Waals surface area contributed by atoms with Crippen LogP contribution in [0.1, 0.15) is 15.9 Å². The molecule has 0 aliphatic carbocycles. The smallest absolute Gasteiger partial charge is 0.255 e. The summed E-state index contributed by atoms with van der Waals surface area (Å²) in [7, 11) is 0. The third-order valence-electron chi connectivity index (χ3n) is 3.25. The van der Waals surface area contributed by atoms with E-state index >= 15 is 0 Å². The molecule has 1 amide bonds. The standard InChI is InChI=1S/C19H11Cl2N3O2/c20-15-7-6-12(8-16(15)21)9-17(18(25)14(10-22)11-23)24-19(26)13-4-2-1-3-5-13/h1-9,25H,(H,24,26)/b17-9+. The maximum Gasteiger partial charge on any atom is 0.255 e. The summed E-state index contributed by atoms with van der Waals surface area (Å²) >= 11 is 11.8. The Bertz CT molecular complexity index is 968. The molecule has 0 radical (unpaired) electrons. The van der Waals surface area contributed by atoms with Gasteiger partial charge in [-0.3, -0.25) is 4.79 Å². The zero-order valence-electron chi connectivity index (χ0n) is 13.2. The average molecular weight is 384 g/mol. The zero-order valence-corrected chi connectivity index (χ0v) is 14.7. The van der Waals surface area contributed by atoms with Crippen LogP contribution < -0.4 is 5.32 Å². The Labute approximate surface area is 160 Å². The van der Waals surface area contributed by atoms with E-state index in [1.807, 2.05) is 0 Å². The van der Waals surface area contributed by atoms with Crippen LogP contribution in [0.15, 0.2) is 65.6 Å². The Morgan fingerprint density at radius 1 is 1.04 bits per heavy atom. The van der Waals surface area contributed by atoms with Gasteiger partial charge in [0, 0.05) is 5.56 Å². The molecule has 0 heterocycles. The summed E-state index contributed by atoms with van der Waals surface area (Å²) in [6.45, 7) is 0. The molecule has 0 atom stereocenters. The van der Waals surface area contributed by atoms with E-state index in [1.54, 1.807) is 54.6 Å². The number of hydrogen-bond acceptors (Lipinski definition) is 4. The Hall–Kier alpha value is -3.25. The summed E-state index contributed by atoms with van der Waals surface area (Å²) in [6, 6.07) is 16.1. The molecule has 128 valence electrons. The molecule has 0 aromatic heterocycles. The molecule has 0 saturated carbocycles. The number of nitriles is 2. The number of carbonyl (C=O) groups excluding carboxylic acids is 1. The molecule has 0 aliphatic rings. The molecule has 2 rings (SSSR count). The number of nitrogens with zero attached hydrogens (tertiary/aromatic N) is 2. The van der Waals surface area contributed by atoms with Gasteiger partial charge in [-0.05, 0) is 35.9 Å². The molecule has 0 bridgehead atoms. The van der Waals surface area contributed by atoms with Gasteiger partial charge in [-0.15, -0.1) is 0 Å². The minimum absolute atomic E-state index is 0.115. The van der Waals surface area contributed by atoms with Crippen LogP contribution in [0.25, 0.3) is 6.08 Å². The minimum atomic E-state index is -0.648. The predicted octanol–water partition coefficient (Wildman–Crippen LogP) is 4.62. The average Bonchev–Trinajstić information content (AvgIpc) is 2.65. The summed E-state index contributed by atoms with van der Waals surface area (Å²) in [4.78, 5) is 12.4. The highest BCUT2D eigenvalue weighted by atomic mass is 35.5. The quantitative estimate of drug-likeness (QED) is 0.457. The summed E-state index contributed by atoms with van der Waals surface area (Å²) < 4.78 is 0. The second kappa shape index (κ2) is 8.73. The van der Waals surface area contributed by atoms with Gasteiger partial charge in [0.2, 0.25) is 0 Å². The number of amides is 1. The van der Waals surface area contributed by atoms with Crippen LogP contribution in [0.5, 0.6) is 0 Å². The number of hydrogen-bond donors (Lipinski definition) is 2. The second-order valence-electron chi connectivity index (χ2n) is 5.00. The van der Waals surface area contributed by atoms with Crippen LogP contribution in [0.2, 0.25) is 10.0 Å². The first-order valence-corrected chi connectivity index (χ1v) is 7.98. The van der Waals surface area contributed by atoms with E-state index in [4.69, 9.17) is 33.7 Å². The van der Waals surface area contributed by atoms with Gasteiger partial charge >= 0.3 is 0 Å². The van der Waals surface area contributed by atoms with Crippen LogP contribution in [-0.2, 0) is 0 Å². The van der Waals surface area contributed by atoms with Gasteiger partial charge in [0.1, 0.15) is 12.1 Å². The Balaban J connectivity index is 2.49. The van der Waals surface area contributed by atoms with E-state index in [0.29, 0.717) is 16.1 Å². The van der Waals surface area contributed by atoms with Crippen molar-refractivity contribution in [3.8, 4) is 12.1 Å². The van der Waals surface area contributed by atoms with Crippen molar-refractivity contribution in [2.75, 3.05) is 0 Å². The fourth-order valence-corrected chi connectivity index (χ4v) is 2.29. The van der Waals surface area contributed by atoms with Crippen molar-refractivity contribution in [1.29, 1.82) is 10.5 Å². The number of benzene rings is 2. The molecule has 0 saturated heterocycles. The van der Waals surface area contributed by atoms with Crippen LogP contribution >= 0.6 is 23.2 Å². The third-order valence-corrected chi connectivity index (χ3v) is 3.99. The molecule has 0 unspecified atom stereocenters. The molecule has 2 aromatic carbocycles.